The van der Waals surface area contributed by atoms with E-state index >= 15 is 0 Å². The van der Waals surface area contributed by atoms with E-state index in [1.165, 1.54) is 0 Å². The Morgan fingerprint density at radius 3 is 2.54 bits per heavy atom. The molecule has 3 aromatic heterocycles. The van der Waals surface area contributed by atoms with E-state index in [2.05, 4.69) is 20.3 Å². The Morgan fingerprint density at radius 2 is 1.81 bits per heavy atom. The van der Waals surface area contributed by atoms with Crippen LogP contribution < -0.4 is 5.32 Å². The van der Waals surface area contributed by atoms with Crippen LogP contribution in [0.25, 0.3) is 22.0 Å². The lowest BCUT2D eigenvalue weighted by atomic mass is 10.2. The van der Waals surface area contributed by atoms with Crippen LogP contribution in [0.1, 0.15) is 5.69 Å². The molecule has 0 fully saturated rings. The molecular formula is C19H14N4OS2. The van der Waals surface area contributed by atoms with Crippen molar-refractivity contribution in [2.45, 2.75) is 6.42 Å². The number of carbonyl (C=O) groups is 1. The van der Waals surface area contributed by atoms with Gasteiger partial charge in [-0.2, -0.15) is 11.3 Å². The van der Waals surface area contributed by atoms with E-state index in [4.69, 9.17) is 0 Å². The second-order valence-corrected chi connectivity index (χ2v) is 7.18. The summed E-state index contributed by atoms with van der Waals surface area (Å²) in [6.07, 6.45) is 3.46. The fraction of sp³-hybridized carbons (Fsp3) is 0.0526. The fourth-order valence-corrected chi connectivity index (χ4v) is 3.94. The van der Waals surface area contributed by atoms with Gasteiger partial charge in [0.2, 0.25) is 5.91 Å². The Morgan fingerprint density at radius 1 is 1.00 bits per heavy atom. The molecule has 0 spiro atoms. The van der Waals surface area contributed by atoms with Crippen molar-refractivity contribution in [3.05, 3.63) is 70.6 Å². The number of nitrogens with zero attached hydrogens (tertiary/aromatic N) is 3. The van der Waals surface area contributed by atoms with E-state index in [-0.39, 0.29) is 12.3 Å². The van der Waals surface area contributed by atoms with Gasteiger partial charge in [0.15, 0.2) is 5.82 Å². The molecule has 0 aliphatic heterocycles. The predicted octanol–water partition coefficient (Wildman–Crippen LogP) is 4.51. The van der Waals surface area contributed by atoms with Crippen molar-refractivity contribution in [3.8, 4) is 22.0 Å². The van der Waals surface area contributed by atoms with Gasteiger partial charge in [-0.3, -0.25) is 4.79 Å². The Balaban J connectivity index is 1.39. The lowest BCUT2D eigenvalue weighted by molar-refractivity contribution is -0.115. The molecule has 5 nitrogen and oxygen atoms in total. The molecule has 4 aromatic rings. The maximum absolute atomic E-state index is 12.2. The van der Waals surface area contributed by atoms with Crippen molar-refractivity contribution in [1.29, 1.82) is 0 Å². The zero-order chi connectivity index (χ0) is 17.8. The van der Waals surface area contributed by atoms with Crippen LogP contribution in [-0.2, 0) is 11.2 Å². The average molecular weight is 378 g/mol. The van der Waals surface area contributed by atoms with Gasteiger partial charge in [0.25, 0.3) is 0 Å². The number of thiazole rings is 1. The number of benzene rings is 1. The zero-order valence-electron chi connectivity index (χ0n) is 13.6. The van der Waals surface area contributed by atoms with Crippen molar-refractivity contribution in [3.63, 3.8) is 0 Å². The molecule has 0 atom stereocenters. The largest absolute Gasteiger partial charge is 0.323 e. The Bertz CT molecular complexity index is 996. The monoisotopic (exact) mass is 378 g/mol. The van der Waals surface area contributed by atoms with E-state index in [0.29, 0.717) is 11.5 Å². The first-order valence-electron chi connectivity index (χ1n) is 7.92. The molecule has 0 radical (unpaired) electrons. The minimum absolute atomic E-state index is 0.136. The van der Waals surface area contributed by atoms with E-state index < -0.39 is 0 Å². The third kappa shape index (κ3) is 3.84. The van der Waals surface area contributed by atoms with Crippen LogP contribution in [0.2, 0.25) is 0 Å². The molecule has 4 rings (SSSR count). The number of hydrogen-bond donors (Lipinski definition) is 1. The number of thiophene rings is 1. The minimum atomic E-state index is -0.136. The topological polar surface area (TPSA) is 67.8 Å². The molecule has 0 bridgehead atoms. The summed E-state index contributed by atoms with van der Waals surface area (Å²) in [4.78, 5) is 25.4. The maximum atomic E-state index is 12.2. The van der Waals surface area contributed by atoms with E-state index in [1.54, 1.807) is 35.1 Å². The Labute approximate surface area is 158 Å². The Hall–Kier alpha value is -2.90. The molecule has 128 valence electrons. The average Bonchev–Trinajstić information content (AvgIpc) is 3.35. The number of aromatic nitrogens is 3. The molecule has 1 aromatic carbocycles. The molecule has 0 saturated heterocycles. The third-order valence-electron chi connectivity index (χ3n) is 3.63. The van der Waals surface area contributed by atoms with Crippen molar-refractivity contribution < 1.29 is 4.79 Å². The van der Waals surface area contributed by atoms with Crippen molar-refractivity contribution in [1.82, 2.24) is 15.0 Å². The molecule has 0 unspecified atom stereocenters. The normalized spacial score (nSPS) is 10.6. The summed E-state index contributed by atoms with van der Waals surface area (Å²) < 4.78 is 0. The van der Waals surface area contributed by atoms with Gasteiger partial charge in [0, 0.05) is 21.9 Å². The van der Waals surface area contributed by atoms with Gasteiger partial charge in [-0.1, -0.05) is 30.3 Å². The van der Waals surface area contributed by atoms with Crippen molar-refractivity contribution in [2.75, 3.05) is 5.32 Å². The van der Waals surface area contributed by atoms with Crippen molar-refractivity contribution in [2.24, 2.45) is 0 Å². The molecule has 0 saturated carbocycles. The lowest BCUT2D eigenvalue weighted by Gasteiger charge is -2.04. The lowest BCUT2D eigenvalue weighted by Crippen LogP contribution is -2.15. The van der Waals surface area contributed by atoms with Crippen LogP contribution in [0.4, 0.5) is 5.69 Å². The molecule has 26 heavy (non-hydrogen) atoms. The number of hydrogen-bond acceptors (Lipinski definition) is 6. The first-order chi connectivity index (χ1) is 12.8. The summed E-state index contributed by atoms with van der Waals surface area (Å²) in [7, 11) is 0. The molecule has 0 aliphatic rings. The van der Waals surface area contributed by atoms with E-state index in [1.807, 2.05) is 52.5 Å². The molecule has 3 heterocycles. The van der Waals surface area contributed by atoms with Crippen LogP contribution in [0.5, 0.6) is 0 Å². The van der Waals surface area contributed by atoms with Gasteiger partial charge in [0.1, 0.15) is 5.01 Å². The smallest absolute Gasteiger partial charge is 0.230 e. The molecular weight excluding hydrogens is 364 g/mol. The third-order valence-corrected chi connectivity index (χ3v) is 5.25. The van der Waals surface area contributed by atoms with E-state index in [9.17, 15) is 4.79 Å². The summed E-state index contributed by atoms with van der Waals surface area (Å²) in [5.41, 5.74) is 3.36. The SMILES string of the molecule is O=C(Cc1csc(-c2ccsc2)n1)Nc1cnc(-c2ccccc2)nc1. The van der Waals surface area contributed by atoms with Crippen LogP contribution in [0, 0.1) is 0 Å². The second kappa shape index (κ2) is 7.55. The highest BCUT2D eigenvalue weighted by molar-refractivity contribution is 7.14. The Kier molecular flexibility index (Phi) is 4.81. The summed E-state index contributed by atoms with van der Waals surface area (Å²) in [5.74, 6) is 0.492. The van der Waals surface area contributed by atoms with Gasteiger partial charge < -0.3 is 5.32 Å². The highest BCUT2D eigenvalue weighted by Crippen LogP contribution is 2.26. The molecule has 0 aliphatic carbocycles. The minimum Gasteiger partial charge on any atom is -0.323 e. The summed E-state index contributed by atoms with van der Waals surface area (Å²) in [5, 5.41) is 9.73. The maximum Gasteiger partial charge on any atom is 0.230 e. The number of rotatable bonds is 5. The zero-order valence-corrected chi connectivity index (χ0v) is 15.3. The van der Waals surface area contributed by atoms with Gasteiger partial charge in [0.05, 0.1) is 30.2 Å². The first-order valence-corrected chi connectivity index (χ1v) is 9.74. The van der Waals surface area contributed by atoms with Crippen LogP contribution >= 0.6 is 22.7 Å². The van der Waals surface area contributed by atoms with Gasteiger partial charge in [-0.15, -0.1) is 11.3 Å². The fourth-order valence-electron chi connectivity index (χ4n) is 2.41. The standard InChI is InChI=1S/C19H14N4OS2/c24-17(8-15-12-26-19(23-15)14-6-7-25-11-14)22-16-9-20-18(21-10-16)13-4-2-1-3-5-13/h1-7,9-12H,8H2,(H,22,24). The van der Waals surface area contributed by atoms with Gasteiger partial charge >= 0.3 is 0 Å². The van der Waals surface area contributed by atoms with Crippen LogP contribution in [-0.4, -0.2) is 20.9 Å². The molecule has 1 N–H and O–H groups in total. The highest BCUT2D eigenvalue weighted by atomic mass is 32.1. The molecule has 1 amide bonds. The van der Waals surface area contributed by atoms with E-state index in [0.717, 1.165) is 21.8 Å². The number of anilines is 1. The summed E-state index contributed by atoms with van der Waals surface area (Å²) in [6.45, 7) is 0. The number of carbonyl (C=O) groups excluding carboxylic acids is 1. The van der Waals surface area contributed by atoms with Crippen molar-refractivity contribution >= 4 is 34.3 Å². The predicted molar refractivity (Wildman–Crippen MR) is 105 cm³/mol. The van der Waals surface area contributed by atoms with Crippen LogP contribution in [0.15, 0.2) is 64.9 Å². The second-order valence-electron chi connectivity index (χ2n) is 5.54. The summed E-state index contributed by atoms with van der Waals surface area (Å²) in [6, 6.07) is 11.7. The van der Waals surface area contributed by atoms with Gasteiger partial charge in [-0.25, -0.2) is 15.0 Å². The number of nitrogens with one attached hydrogen (secondary N) is 1. The quantitative estimate of drug-likeness (QED) is 0.555. The molecule has 7 heteroatoms. The highest BCUT2D eigenvalue weighted by Gasteiger charge is 2.10. The number of amides is 1. The van der Waals surface area contributed by atoms with Gasteiger partial charge in [-0.05, 0) is 11.4 Å². The summed E-state index contributed by atoms with van der Waals surface area (Å²) >= 11 is 3.18. The first kappa shape index (κ1) is 16.6. The van der Waals surface area contributed by atoms with Crippen LogP contribution in [0.3, 0.4) is 0 Å².